The topological polar surface area (TPSA) is 13.7 Å². The first kappa shape index (κ1) is 18.6. The van der Waals surface area contributed by atoms with Crippen molar-refractivity contribution in [3.8, 4) is 0 Å². The van der Waals surface area contributed by atoms with Crippen LogP contribution in [0.1, 0.15) is 50.5 Å². The Morgan fingerprint density at radius 3 is 2.39 bits per heavy atom. The Kier molecular flexibility index (Phi) is 7.75. The lowest BCUT2D eigenvalue weighted by molar-refractivity contribution is -0.905. The Bertz CT molecular complexity index is 516. The molecule has 1 N–H and O–H groups in total. The van der Waals surface area contributed by atoms with Gasteiger partial charge in [0, 0.05) is 5.56 Å². The summed E-state index contributed by atoms with van der Waals surface area (Å²) in [5.74, 6) is 1.07. The molecule has 23 heavy (non-hydrogen) atoms. The van der Waals surface area contributed by atoms with Crippen LogP contribution in [0.25, 0.3) is 5.76 Å². The molecule has 0 aromatic heterocycles. The molecule has 0 amide bonds. The highest BCUT2D eigenvalue weighted by atomic mass is 35.5. The van der Waals surface area contributed by atoms with E-state index in [0.717, 1.165) is 42.3 Å². The maximum atomic E-state index is 6.41. The van der Waals surface area contributed by atoms with Crippen molar-refractivity contribution >= 4 is 17.4 Å². The normalized spacial score (nSPS) is 18.6. The molecule has 1 saturated carbocycles. The van der Waals surface area contributed by atoms with Gasteiger partial charge < -0.3 is 22.0 Å². The summed E-state index contributed by atoms with van der Waals surface area (Å²) in [5, 5.41) is 0.808. The maximum absolute atomic E-state index is 6.41. The van der Waals surface area contributed by atoms with E-state index in [1.54, 1.807) is 4.90 Å². The third-order valence-electron chi connectivity index (χ3n) is 4.91. The molecule has 0 spiro atoms. The van der Waals surface area contributed by atoms with Crippen LogP contribution in [-0.2, 0) is 4.74 Å². The minimum absolute atomic E-state index is 0. The largest absolute Gasteiger partial charge is 1.00 e. The minimum Gasteiger partial charge on any atom is -1.00 e. The number of benzene rings is 1. The third kappa shape index (κ3) is 5.14. The van der Waals surface area contributed by atoms with Crippen molar-refractivity contribution in [1.29, 1.82) is 0 Å². The summed E-state index contributed by atoms with van der Waals surface area (Å²) < 4.78 is 6.27. The van der Waals surface area contributed by atoms with E-state index in [2.05, 4.69) is 12.1 Å². The number of allylic oxidation sites excluding steroid dienone is 1. The number of hydrogen-bond acceptors (Lipinski definition) is 1. The third-order valence-corrected chi connectivity index (χ3v) is 5.24. The van der Waals surface area contributed by atoms with Crippen LogP contribution in [0.4, 0.5) is 0 Å². The van der Waals surface area contributed by atoms with Crippen molar-refractivity contribution in [3.05, 3.63) is 40.4 Å². The first-order chi connectivity index (χ1) is 10.8. The van der Waals surface area contributed by atoms with Crippen molar-refractivity contribution in [2.75, 3.05) is 26.2 Å². The number of likely N-dealkylation sites (tertiary alicyclic amines) is 1. The molecule has 1 aromatic rings. The molecule has 3 rings (SSSR count). The fraction of sp³-hybridized carbons (Fsp3) is 0.579. The monoisotopic (exact) mass is 355 g/mol. The van der Waals surface area contributed by atoms with Gasteiger partial charge in [0.2, 0.25) is 0 Å². The van der Waals surface area contributed by atoms with Crippen LogP contribution in [0.2, 0.25) is 5.02 Å². The van der Waals surface area contributed by atoms with E-state index in [1.807, 2.05) is 12.1 Å². The molecule has 2 nitrogen and oxygen atoms in total. The lowest BCUT2D eigenvalue weighted by Gasteiger charge is -2.24. The van der Waals surface area contributed by atoms with Crippen LogP contribution < -0.4 is 17.3 Å². The lowest BCUT2D eigenvalue weighted by Crippen LogP contribution is -3.13. The molecule has 2 fully saturated rings. The van der Waals surface area contributed by atoms with Crippen LogP contribution in [0.3, 0.4) is 0 Å². The molecular formula is C19H27Cl2NO. The van der Waals surface area contributed by atoms with E-state index < -0.39 is 0 Å². The Labute approximate surface area is 151 Å². The van der Waals surface area contributed by atoms with Gasteiger partial charge in [-0.25, -0.2) is 0 Å². The van der Waals surface area contributed by atoms with Gasteiger partial charge in [0.25, 0.3) is 0 Å². The lowest BCUT2D eigenvalue weighted by atomic mass is 10.1. The Hall–Kier alpha value is -0.700. The summed E-state index contributed by atoms with van der Waals surface area (Å²) in [5.41, 5.74) is 2.54. The summed E-state index contributed by atoms with van der Waals surface area (Å²) in [6.45, 7) is 4.53. The average Bonchev–Trinajstić information content (AvgIpc) is 3.08. The van der Waals surface area contributed by atoms with Gasteiger partial charge >= 0.3 is 0 Å². The van der Waals surface area contributed by atoms with Gasteiger partial charge in [-0.3, -0.25) is 0 Å². The van der Waals surface area contributed by atoms with E-state index >= 15 is 0 Å². The zero-order valence-corrected chi connectivity index (χ0v) is 15.3. The second-order valence-corrected chi connectivity index (χ2v) is 6.94. The Morgan fingerprint density at radius 1 is 1.00 bits per heavy atom. The van der Waals surface area contributed by atoms with E-state index in [1.165, 1.54) is 50.8 Å². The molecule has 0 radical (unpaired) electrons. The predicted molar refractivity (Wildman–Crippen MR) is 92.2 cm³/mol. The molecule has 1 aromatic carbocycles. The van der Waals surface area contributed by atoms with Gasteiger partial charge in [-0.2, -0.15) is 0 Å². The number of rotatable bonds is 5. The smallest absolute Gasteiger partial charge is 0.137 e. The molecule has 128 valence electrons. The van der Waals surface area contributed by atoms with Gasteiger partial charge in [-0.05, 0) is 62.7 Å². The van der Waals surface area contributed by atoms with Crippen LogP contribution >= 0.6 is 11.6 Å². The average molecular weight is 356 g/mol. The number of nitrogens with one attached hydrogen (secondary N) is 1. The van der Waals surface area contributed by atoms with Gasteiger partial charge in [0.15, 0.2) is 0 Å². The molecule has 1 aliphatic carbocycles. The number of hydrogen-bond donors (Lipinski definition) is 1. The first-order valence-electron chi connectivity index (χ1n) is 8.78. The molecule has 1 aliphatic heterocycles. The summed E-state index contributed by atoms with van der Waals surface area (Å²) in [6, 6.07) is 8.10. The van der Waals surface area contributed by atoms with Crippen LogP contribution in [-0.4, -0.2) is 26.2 Å². The highest BCUT2D eigenvalue weighted by Gasteiger charge is 2.19. The highest BCUT2D eigenvalue weighted by molar-refractivity contribution is 6.32. The zero-order valence-electron chi connectivity index (χ0n) is 13.8. The molecule has 0 unspecified atom stereocenters. The summed E-state index contributed by atoms with van der Waals surface area (Å²) in [7, 11) is 0. The van der Waals surface area contributed by atoms with Crippen molar-refractivity contribution < 1.29 is 22.0 Å². The van der Waals surface area contributed by atoms with Crippen molar-refractivity contribution in [2.24, 2.45) is 0 Å². The molecule has 0 atom stereocenters. The van der Waals surface area contributed by atoms with Crippen LogP contribution in [0.5, 0.6) is 0 Å². The summed E-state index contributed by atoms with van der Waals surface area (Å²) in [4.78, 5) is 1.70. The molecule has 4 heteroatoms. The van der Waals surface area contributed by atoms with Gasteiger partial charge in [-0.15, -0.1) is 0 Å². The number of piperidine rings is 1. The van der Waals surface area contributed by atoms with Crippen molar-refractivity contribution in [1.82, 2.24) is 0 Å². The predicted octanol–water partition coefficient (Wildman–Crippen LogP) is 0.715. The fourth-order valence-electron chi connectivity index (χ4n) is 3.64. The van der Waals surface area contributed by atoms with E-state index in [0.29, 0.717) is 0 Å². The Morgan fingerprint density at radius 2 is 1.70 bits per heavy atom. The summed E-state index contributed by atoms with van der Waals surface area (Å²) >= 11 is 6.41. The molecule has 0 bridgehead atoms. The van der Waals surface area contributed by atoms with E-state index in [4.69, 9.17) is 16.3 Å². The van der Waals surface area contributed by atoms with Crippen LogP contribution in [0.15, 0.2) is 29.8 Å². The van der Waals surface area contributed by atoms with Crippen LogP contribution in [0, 0.1) is 0 Å². The number of halogens is 2. The second kappa shape index (κ2) is 9.56. The maximum Gasteiger partial charge on any atom is 0.137 e. The van der Waals surface area contributed by atoms with E-state index in [-0.39, 0.29) is 12.4 Å². The quantitative estimate of drug-likeness (QED) is 0.768. The highest BCUT2D eigenvalue weighted by Crippen LogP contribution is 2.35. The molecule has 1 saturated heterocycles. The Balaban J connectivity index is 0.00000192. The fourth-order valence-corrected chi connectivity index (χ4v) is 3.87. The molecule has 2 aliphatic rings. The zero-order chi connectivity index (χ0) is 15.2. The van der Waals surface area contributed by atoms with Crippen molar-refractivity contribution in [3.63, 3.8) is 0 Å². The molecule has 1 heterocycles. The number of quaternary nitrogens is 1. The first-order valence-corrected chi connectivity index (χ1v) is 9.15. The standard InChI is InChI=1S/C19H26ClNO.ClH/c20-18-11-5-4-10-17(18)19(16-8-2-3-9-16)22-15-14-21-12-6-1-7-13-21;/h4-5,10-11H,1-3,6-9,12-15H2;1H. The minimum atomic E-state index is 0. The van der Waals surface area contributed by atoms with Gasteiger partial charge in [0.1, 0.15) is 18.9 Å². The van der Waals surface area contributed by atoms with E-state index in [9.17, 15) is 0 Å². The number of ether oxygens (including phenoxy) is 1. The SMILES string of the molecule is Clc1ccccc1C(OCC[NH+]1CCCCC1)=C1CCCC1.[Cl-]. The summed E-state index contributed by atoms with van der Waals surface area (Å²) in [6.07, 6.45) is 9.03. The second-order valence-electron chi connectivity index (χ2n) is 6.53. The van der Waals surface area contributed by atoms with Gasteiger partial charge in [-0.1, -0.05) is 23.7 Å². The van der Waals surface area contributed by atoms with Gasteiger partial charge in [0.05, 0.1) is 18.1 Å². The molecular weight excluding hydrogens is 329 g/mol. The van der Waals surface area contributed by atoms with Crippen molar-refractivity contribution in [2.45, 2.75) is 44.9 Å².